The van der Waals surface area contributed by atoms with Gasteiger partial charge in [-0.3, -0.25) is 13.8 Å². The second kappa shape index (κ2) is 9.03. The molecule has 0 spiro atoms. The zero-order valence-electron chi connectivity index (χ0n) is 16.1. The molecule has 0 aliphatic carbocycles. The van der Waals surface area contributed by atoms with Crippen molar-refractivity contribution in [1.82, 2.24) is 24.1 Å². The summed E-state index contributed by atoms with van der Waals surface area (Å²) >= 11 is 8.90. The molecule has 1 aromatic carbocycles. The molecule has 0 fully saturated rings. The fraction of sp³-hybridized carbons (Fsp3) is 0.200. The van der Waals surface area contributed by atoms with Crippen LogP contribution in [0.1, 0.15) is 17.1 Å². The molecule has 0 aliphatic rings. The number of ether oxygens (including phenoxy) is 1. The van der Waals surface area contributed by atoms with Crippen LogP contribution >= 0.6 is 34.7 Å². The van der Waals surface area contributed by atoms with Crippen LogP contribution in [0.15, 0.2) is 58.4 Å². The number of fused-ring (bicyclic) bond motifs is 1. The highest BCUT2D eigenvalue weighted by molar-refractivity contribution is 7.98. The van der Waals surface area contributed by atoms with E-state index in [0.29, 0.717) is 33.8 Å². The Bertz CT molecular complexity index is 1260. The minimum Gasteiger partial charge on any atom is -0.485 e. The van der Waals surface area contributed by atoms with Gasteiger partial charge in [0.05, 0.1) is 5.69 Å². The van der Waals surface area contributed by atoms with E-state index in [1.54, 1.807) is 24.4 Å². The summed E-state index contributed by atoms with van der Waals surface area (Å²) in [7, 11) is 0. The zero-order chi connectivity index (χ0) is 21.1. The van der Waals surface area contributed by atoms with E-state index in [-0.39, 0.29) is 12.2 Å². The van der Waals surface area contributed by atoms with Crippen LogP contribution in [0, 0.1) is 6.92 Å². The van der Waals surface area contributed by atoms with Crippen LogP contribution in [-0.4, -0.2) is 24.1 Å². The molecule has 10 heteroatoms. The molecule has 0 bridgehead atoms. The van der Waals surface area contributed by atoms with Gasteiger partial charge in [0.15, 0.2) is 15.9 Å². The van der Waals surface area contributed by atoms with E-state index in [1.165, 1.54) is 27.5 Å². The summed E-state index contributed by atoms with van der Waals surface area (Å²) in [6.45, 7) is 6.58. The lowest BCUT2D eigenvalue weighted by molar-refractivity contribution is 0.287. The van der Waals surface area contributed by atoms with Gasteiger partial charge < -0.3 is 4.74 Å². The molecule has 7 nitrogen and oxygen atoms in total. The van der Waals surface area contributed by atoms with Crippen LogP contribution in [0.5, 0.6) is 5.75 Å². The monoisotopic (exact) mass is 459 g/mol. The maximum absolute atomic E-state index is 12.2. The molecule has 0 saturated carbocycles. The van der Waals surface area contributed by atoms with Crippen LogP contribution in [-0.2, 0) is 18.9 Å². The number of thiazole rings is 1. The fourth-order valence-corrected chi connectivity index (χ4v) is 4.69. The van der Waals surface area contributed by atoms with Crippen LogP contribution in [0.4, 0.5) is 0 Å². The molecule has 0 saturated heterocycles. The first-order valence-corrected chi connectivity index (χ1v) is 11.3. The summed E-state index contributed by atoms with van der Waals surface area (Å²) < 4.78 is 9.39. The predicted molar refractivity (Wildman–Crippen MR) is 120 cm³/mol. The third kappa shape index (κ3) is 4.43. The van der Waals surface area contributed by atoms with Gasteiger partial charge in [0, 0.05) is 35.0 Å². The van der Waals surface area contributed by atoms with Gasteiger partial charge >= 0.3 is 0 Å². The van der Waals surface area contributed by atoms with Crippen molar-refractivity contribution in [3.8, 4) is 5.75 Å². The summed E-state index contributed by atoms with van der Waals surface area (Å²) in [5.74, 6) is 1.94. The number of thioether (sulfide) groups is 1. The van der Waals surface area contributed by atoms with E-state index < -0.39 is 0 Å². The Morgan fingerprint density at radius 2 is 2.20 bits per heavy atom. The number of benzene rings is 1. The van der Waals surface area contributed by atoms with Crippen molar-refractivity contribution in [1.29, 1.82) is 0 Å². The lowest BCUT2D eigenvalue weighted by atomic mass is 10.2. The number of allylic oxidation sites excluding steroid dienone is 1. The van der Waals surface area contributed by atoms with E-state index in [0.717, 1.165) is 16.5 Å². The normalized spacial score (nSPS) is 11.1. The number of aromatic nitrogens is 5. The number of hydrogen-bond acceptors (Lipinski definition) is 7. The van der Waals surface area contributed by atoms with E-state index in [1.807, 2.05) is 29.0 Å². The Morgan fingerprint density at radius 1 is 1.33 bits per heavy atom. The highest BCUT2D eigenvalue weighted by Crippen LogP contribution is 2.25. The summed E-state index contributed by atoms with van der Waals surface area (Å²) in [4.78, 5) is 17.4. The van der Waals surface area contributed by atoms with Gasteiger partial charge in [-0.25, -0.2) is 4.98 Å². The van der Waals surface area contributed by atoms with Crippen molar-refractivity contribution in [3.63, 3.8) is 0 Å². The van der Waals surface area contributed by atoms with E-state index in [9.17, 15) is 4.79 Å². The average molecular weight is 460 g/mol. The van der Waals surface area contributed by atoms with Gasteiger partial charge in [-0.15, -0.1) is 28.1 Å². The number of rotatable bonds is 8. The molecule has 3 heterocycles. The summed E-state index contributed by atoms with van der Waals surface area (Å²) in [6, 6.07) is 7.03. The van der Waals surface area contributed by atoms with Crippen LogP contribution in [0.3, 0.4) is 0 Å². The Morgan fingerprint density at radius 3 is 3.00 bits per heavy atom. The lowest BCUT2D eigenvalue weighted by Crippen LogP contribution is -2.12. The standard InChI is InChI=1S/C20H18ClN5O2S2/c1-3-6-25-17(11-28-16-5-4-14(21)9-13(16)2)23-24-20(25)30-12-15-10-18(27)26-7-8-29-19(26)22-15/h3-5,7-10H,1,6,11-12H2,2H3. The Kier molecular flexibility index (Phi) is 6.21. The molecule has 0 atom stereocenters. The molecule has 0 amide bonds. The maximum atomic E-state index is 12.2. The molecule has 0 N–H and O–H groups in total. The third-order valence-electron chi connectivity index (χ3n) is 4.30. The molecule has 3 aromatic heterocycles. The van der Waals surface area contributed by atoms with E-state index in [2.05, 4.69) is 21.8 Å². The van der Waals surface area contributed by atoms with Crippen LogP contribution in [0.25, 0.3) is 4.96 Å². The average Bonchev–Trinajstić information content (AvgIpc) is 3.34. The Labute approximate surface area is 186 Å². The molecule has 4 rings (SSSR count). The third-order valence-corrected chi connectivity index (χ3v) is 6.30. The summed E-state index contributed by atoms with van der Waals surface area (Å²) in [6.07, 6.45) is 3.51. The number of hydrogen-bond donors (Lipinski definition) is 0. The number of halogens is 1. The van der Waals surface area contributed by atoms with Gasteiger partial charge in [-0.2, -0.15) is 0 Å². The first-order chi connectivity index (χ1) is 14.5. The molecule has 154 valence electrons. The first-order valence-electron chi connectivity index (χ1n) is 9.05. The minimum atomic E-state index is -0.0863. The number of nitrogens with zero attached hydrogens (tertiary/aromatic N) is 5. The van der Waals surface area contributed by atoms with Crippen LogP contribution in [0.2, 0.25) is 5.02 Å². The zero-order valence-corrected chi connectivity index (χ0v) is 18.5. The maximum Gasteiger partial charge on any atom is 0.258 e. The summed E-state index contributed by atoms with van der Waals surface area (Å²) in [5, 5.41) is 11.8. The predicted octanol–water partition coefficient (Wildman–Crippen LogP) is 4.37. The SMILES string of the molecule is C=CCn1c(COc2ccc(Cl)cc2C)nnc1SCc1cc(=O)n2ccsc2n1. The second-order valence-corrected chi connectivity index (χ2v) is 8.68. The van der Waals surface area contributed by atoms with Crippen molar-refractivity contribution in [2.75, 3.05) is 0 Å². The van der Waals surface area contributed by atoms with Gasteiger partial charge in [0.2, 0.25) is 0 Å². The molecule has 0 aliphatic heterocycles. The van der Waals surface area contributed by atoms with Crippen molar-refractivity contribution < 1.29 is 4.74 Å². The quantitative estimate of drug-likeness (QED) is 0.288. The molecular formula is C20H18ClN5O2S2. The molecule has 30 heavy (non-hydrogen) atoms. The Balaban J connectivity index is 1.50. The first kappa shape index (κ1) is 20.6. The smallest absolute Gasteiger partial charge is 0.258 e. The van der Waals surface area contributed by atoms with Gasteiger partial charge in [-0.05, 0) is 30.7 Å². The van der Waals surface area contributed by atoms with Crippen molar-refractivity contribution in [2.24, 2.45) is 0 Å². The minimum absolute atomic E-state index is 0.0863. The van der Waals surface area contributed by atoms with Crippen LogP contribution < -0.4 is 10.3 Å². The van der Waals surface area contributed by atoms with Gasteiger partial charge in [0.25, 0.3) is 5.56 Å². The fourth-order valence-electron chi connectivity index (χ4n) is 2.86. The Hall–Kier alpha value is -2.62. The molecule has 0 unspecified atom stereocenters. The summed E-state index contributed by atoms with van der Waals surface area (Å²) in [5.41, 5.74) is 1.57. The second-order valence-electron chi connectivity index (χ2n) is 6.43. The van der Waals surface area contributed by atoms with Crippen molar-refractivity contribution >= 4 is 39.7 Å². The number of aryl methyl sites for hydroxylation is 1. The lowest BCUT2D eigenvalue weighted by Gasteiger charge is -2.11. The van der Waals surface area contributed by atoms with Crippen molar-refractivity contribution in [3.05, 3.63) is 81.0 Å². The van der Waals surface area contributed by atoms with E-state index in [4.69, 9.17) is 16.3 Å². The van der Waals surface area contributed by atoms with Crippen molar-refractivity contribution in [2.45, 2.75) is 31.0 Å². The molecule has 4 aromatic rings. The van der Waals surface area contributed by atoms with Gasteiger partial charge in [-0.1, -0.05) is 29.4 Å². The van der Waals surface area contributed by atoms with Gasteiger partial charge in [0.1, 0.15) is 12.4 Å². The molecule has 0 radical (unpaired) electrons. The highest BCUT2D eigenvalue weighted by atomic mass is 35.5. The highest BCUT2D eigenvalue weighted by Gasteiger charge is 2.14. The molecular weight excluding hydrogens is 442 g/mol. The van der Waals surface area contributed by atoms with E-state index >= 15 is 0 Å². The largest absolute Gasteiger partial charge is 0.485 e. The topological polar surface area (TPSA) is 74.3 Å².